The second-order valence-corrected chi connectivity index (χ2v) is 9.60. The molecule has 8 nitrogen and oxygen atoms in total. The van der Waals surface area contributed by atoms with E-state index in [1.807, 2.05) is 30.3 Å². The van der Waals surface area contributed by atoms with E-state index in [4.69, 9.17) is 15.6 Å². The summed E-state index contributed by atoms with van der Waals surface area (Å²) in [6.07, 6.45) is 1.66. The zero-order chi connectivity index (χ0) is 23.9. The average Bonchev–Trinajstić information content (AvgIpc) is 3.14. The summed E-state index contributed by atoms with van der Waals surface area (Å²) in [5, 5.41) is 7.17. The summed E-state index contributed by atoms with van der Waals surface area (Å²) < 4.78 is 29.8. The molecule has 0 radical (unpaired) electrons. The zero-order valence-electron chi connectivity index (χ0n) is 18.1. The summed E-state index contributed by atoms with van der Waals surface area (Å²) in [5.41, 5.74) is 8.57. The molecule has 0 bridgehead atoms. The van der Waals surface area contributed by atoms with Crippen molar-refractivity contribution in [2.75, 3.05) is 18.9 Å². The van der Waals surface area contributed by atoms with E-state index in [0.717, 1.165) is 16.3 Å². The van der Waals surface area contributed by atoms with E-state index in [0.29, 0.717) is 48.0 Å². The molecule has 2 heterocycles. The Morgan fingerprint density at radius 2 is 1.82 bits per heavy atom. The van der Waals surface area contributed by atoms with Gasteiger partial charge in [0.25, 0.3) is 5.91 Å². The van der Waals surface area contributed by atoms with Crippen molar-refractivity contribution >= 4 is 32.5 Å². The van der Waals surface area contributed by atoms with Crippen LogP contribution in [0.25, 0.3) is 21.9 Å². The number of primary sulfonamides is 1. The smallest absolute Gasteiger partial charge is 0.254 e. The molecule has 0 fully saturated rings. The maximum absolute atomic E-state index is 12.9. The molecule has 0 atom stereocenters. The van der Waals surface area contributed by atoms with Gasteiger partial charge in [-0.15, -0.1) is 0 Å². The Kier molecular flexibility index (Phi) is 5.43. The van der Waals surface area contributed by atoms with Gasteiger partial charge in [-0.05, 0) is 52.9 Å². The van der Waals surface area contributed by atoms with E-state index in [1.165, 1.54) is 6.07 Å². The Balaban J connectivity index is 1.30. The van der Waals surface area contributed by atoms with E-state index >= 15 is 0 Å². The molecule has 9 heteroatoms. The van der Waals surface area contributed by atoms with Gasteiger partial charge in [0.1, 0.15) is 18.2 Å². The number of sulfonamides is 1. The molecule has 3 aromatic carbocycles. The monoisotopic (exact) mass is 474 g/mol. The number of nitrogen functional groups attached to an aromatic ring is 1. The highest BCUT2D eigenvalue weighted by Gasteiger charge is 2.28. The van der Waals surface area contributed by atoms with E-state index in [9.17, 15) is 13.2 Å². The van der Waals surface area contributed by atoms with Gasteiger partial charge in [0.15, 0.2) is 0 Å². The Labute approximate surface area is 196 Å². The molecule has 1 aliphatic rings. The molecule has 0 spiro atoms. The molecule has 5 rings (SSSR count). The molecule has 34 heavy (non-hydrogen) atoms. The number of nitrogens with two attached hydrogens (primary N) is 2. The summed E-state index contributed by atoms with van der Waals surface area (Å²) >= 11 is 0. The van der Waals surface area contributed by atoms with Gasteiger partial charge in [-0.1, -0.05) is 30.3 Å². The number of hydrogen-bond acceptors (Lipinski definition) is 6. The fraction of sp³-hybridized carbons (Fsp3) is 0.120. The first kappa shape index (κ1) is 21.9. The van der Waals surface area contributed by atoms with E-state index in [1.54, 1.807) is 41.4 Å². The molecule has 4 N–H and O–H groups in total. The minimum atomic E-state index is -3.88. The van der Waals surface area contributed by atoms with Gasteiger partial charge in [-0.2, -0.15) is 0 Å². The van der Waals surface area contributed by atoms with Crippen LogP contribution in [0.3, 0.4) is 0 Å². The topological polar surface area (TPSA) is 129 Å². The first-order valence-electron chi connectivity index (χ1n) is 10.6. The first-order chi connectivity index (χ1) is 16.3. The number of anilines is 1. The fourth-order valence-corrected chi connectivity index (χ4v) is 4.98. The van der Waals surface area contributed by atoms with Gasteiger partial charge >= 0.3 is 0 Å². The van der Waals surface area contributed by atoms with Crippen LogP contribution in [0.5, 0.6) is 5.75 Å². The molecule has 1 aromatic heterocycles. The molecule has 4 aromatic rings. The van der Waals surface area contributed by atoms with Crippen molar-refractivity contribution in [3.05, 3.63) is 84.1 Å². The summed E-state index contributed by atoms with van der Waals surface area (Å²) in [4.78, 5) is 18.7. The fourth-order valence-electron chi connectivity index (χ4n) is 4.22. The molecule has 0 saturated heterocycles. The highest BCUT2D eigenvalue weighted by atomic mass is 32.2. The van der Waals surface area contributed by atoms with Gasteiger partial charge in [0.2, 0.25) is 10.0 Å². The van der Waals surface area contributed by atoms with Crippen molar-refractivity contribution in [3.8, 4) is 16.9 Å². The van der Waals surface area contributed by atoms with Crippen molar-refractivity contribution in [2.24, 2.45) is 5.14 Å². The van der Waals surface area contributed by atoms with E-state index in [-0.39, 0.29) is 10.8 Å². The third kappa shape index (κ3) is 4.07. The Morgan fingerprint density at radius 1 is 1.00 bits per heavy atom. The summed E-state index contributed by atoms with van der Waals surface area (Å²) in [6, 6.07) is 19.4. The Hall–Kier alpha value is -3.95. The van der Waals surface area contributed by atoms with Crippen LogP contribution in [-0.4, -0.2) is 37.4 Å². The van der Waals surface area contributed by atoms with Gasteiger partial charge in [-0.25, -0.2) is 18.5 Å². The third-order valence-corrected chi connectivity index (χ3v) is 6.86. The van der Waals surface area contributed by atoms with Gasteiger partial charge in [-0.3, -0.25) is 4.79 Å². The second kappa shape index (κ2) is 8.44. The number of benzene rings is 3. The number of nitrogens with zero attached hydrogens (tertiary/aromatic N) is 2. The minimum absolute atomic E-state index is 0.0516. The summed E-state index contributed by atoms with van der Waals surface area (Å²) in [7, 11) is -3.88. The number of rotatable bonds is 6. The lowest BCUT2D eigenvalue weighted by atomic mass is 10.0. The van der Waals surface area contributed by atoms with Gasteiger partial charge < -0.3 is 15.4 Å². The number of fused-ring (bicyclic) bond motifs is 2. The van der Waals surface area contributed by atoms with Gasteiger partial charge in [0.05, 0.1) is 11.4 Å². The quantitative estimate of drug-likeness (QED) is 0.442. The van der Waals surface area contributed by atoms with Crippen LogP contribution in [0, 0.1) is 0 Å². The molecule has 172 valence electrons. The predicted molar refractivity (Wildman–Crippen MR) is 130 cm³/mol. The van der Waals surface area contributed by atoms with Crippen LogP contribution in [0.1, 0.15) is 15.9 Å². The van der Waals surface area contributed by atoms with Crippen LogP contribution >= 0.6 is 0 Å². The lowest BCUT2D eigenvalue weighted by Gasteiger charge is -2.16. The minimum Gasteiger partial charge on any atom is -0.492 e. The first-order valence-corrected chi connectivity index (χ1v) is 12.2. The number of ether oxygens (including phenoxy) is 1. The lowest BCUT2D eigenvalue weighted by molar-refractivity contribution is 0.0753. The Bertz CT molecular complexity index is 1540. The van der Waals surface area contributed by atoms with Gasteiger partial charge in [0, 0.05) is 29.3 Å². The number of amides is 1. The van der Waals surface area contributed by atoms with Crippen molar-refractivity contribution < 1.29 is 17.9 Å². The average molecular weight is 475 g/mol. The van der Waals surface area contributed by atoms with Crippen molar-refractivity contribution in [1.82, 2.24) is 9.88 Å². The number of aromatic nitrogens is 1. The van der Waals surface area contributed by atoms with Crippen molar-refractivity contribution in [3.63, 3.8) is 0 Å². The third-order valence-electron chi connectivity index (χ3n) is 5.89. The molecule has 1 amide bonds. The summed E-state index contributed by atoms with van der Waals surface area (Å²) in [5.74, 6) is 1.00. The Morgan fingerprint density at radius 3 is 2.65 bits per heavy atom. The largest absolute Gasteiger partial charge is 0.492 e. The molecular weight excluding hydrogens is 452 g/mol. The molecule has 0 unspecified atom stereocenters. The standard InChI is InChI=1S/C25H22N4O4S/c26-24-22-14-19(7-5-16(22)9-10-28-24)33-12-11-29-15-18-13-17(6-8-21(18)25(29)30)20-3-1-2-4-23(20)34(27,31)32/h1-10,13-14H,11-12,15H2,(H2,26,28)(H2,27,31,32). The SMILES string of the molecule is Nc1nccc2ccc(OCCN3Cc4cc(-c5ccccc5S(N)(=O)=O)ccc4C3=O)cc12. The second-order valence-electron chi connectivity index (χ2n) is 8.07. The maximum Gasteiger partial charge on any atom is 0.254 e. The van der Waals surface area contributed by atoms with Crippen LogP contribution in [-0.2, 0) is 16.6 Å². The number of pyridine rings is 1. The maximum atomic E-state index is 12.9. The van der Waals surface area contributed by atoms with Crippen molar-refractivity contribution in [1.29, 1.82) is 0 Å². The molecule has 0 aliphatic carbocycles. The normalized spacial score (nSPS) is 13.3. The lowest BCUT2D eigenvalue weighted by Crippen LogP contribution is -2.28. The molecule has 1 aliphatic heterocycles. The number of carbonyl (C=O) groups is 1. The van der Waals surface area contributed by atoms with Crippen LogP contribution < -0.4 is 15.6 Å². The van der Waals surface area contributed by atoms with Crippen LogP contribution in [0.4, 0.5) is 5.82 Å². The highest BCUT2D eigenvalue weighted by Crippen LogP contribution is 2.32. The number of hydrogen-bond donors (Lipinski definition) is 2. The zero-order valence-corrected chi connectivity index (χ0v) is 19.0. The van der Waals surface area contributed by atoms with E-state index in [2.05, 4.69) is 4.98 Å². The molecule has 0 saturated carbocycles. The predicted octanol–water partition coefficient (Wildman–Crippen LogP) is 3.17. The number of carbonyl (C=O) groups excluding carboxylic acids is 1. The van der Waals surface area contributed by atoms with Crippen molar-refractivity contribution in [2.45, 2.75) is 11.4 Å². The van der Waals surface area contributed by atoms with Crippen LogP contribution in [0.2, 0.25) is 0 Å². The van der Waals surface area contributed by atoms with E-state index < -0.39 is 10.0 Å². The molecular formula is C25H22N4O4S. The summed E-state index contributed by atoms with van der Waals surface area (Å²) in [6.45, 7) is 1.13. The highest BCUT2D eigenvalue weighted by molar-refractivity contribution is 7.89. The van der Waals surface area contributed by atoms with Crippen LogP contribution in [0.15, 0.2) is 77.8 Å².